The van der Waals surface area contributed by atoms with Crippen LogP contribution in [0, 0.1) is 0 Å². The molecule has 1 aromatic rings. The van der Waals surface area contributed by atoms with Gasteiger partial charge in [-0.1, -0.05) is 6.92 Å². The Morgan fingerprint density at radius 1 is 1.39 bits per heavy atom. The number of hydrogen-bond acceptors (Lipinski definition) is 3. The molecule has 4 nitrogen and oxygen atoms in total. The summed E-state index contributed by atoms with van der Waals surface area (Å²) in [5, 5.41) is 0. The first-order valence-electron chi connectivity index (χ1n) is 5.13. The molecule has 0 aromatic carbocycles. The van der Waals surface area contributed by atoms with E-state index in [4.69, 9.17) is 0 Å². The van der Waals surface area contributed by atoms with Crippen molar-refractivity contribution in [2.75, 3.05) is 11.5 Å². The van der Waals surface area contributed by atoms with Crippen LogP contribution >= 0.6 is 0 Å². The van der Waals surface area contributed by atoms with Crippen LogP contribution in [0.2, 0.25) is 0 Å². The first-order chi connectivity index (χ1) is 8.15. The minimum atomic E-state index is -4.92. The molecule has 0 amide bonds. The zero-order chi connectivity index (χ0) is 14.0. The van der Waals surface area contributed by atoms with Crippen molar-refractivity contribution < 1.29 is 26.4 Å². The lowest BCUT2D eigenvalue weighted by Crippen LogP contribution is -2.22. The van der Waals surface area contributed by atoms with Crippen LogP contribution in [0.1, 0.15) is 17.3 Å². The van der Waals surface area contributed by atoms with Crippen LogP contribution in [0.3, 0.4) is 0 Å². The Morgan fingerprint density at radius 2 is 2.00 bits per heavy atom. The van der Waals surface area contributed by atoms with Crippen LogP contribution in [0.25, 0.3) is 0 Å². The summed E-state index contributed by atoms with van der Waals surface area (Å²) in [6.07, 6.45) is -2.66. The fourth-order valence-electron chi connectivity index (χ4n) is 1.27. The van der Waals surface area contributed by atoms with E-state index in [1.165, 1.54) is 17.7 Å². The van der Waals surface area contributed by atoms with Crippen LogP contribution < -0.4 is 0 Å². The molecule has 8 heteroatoms. The zero-order valence-corrected chi connectivity index (χ0v) is 10.4. The van der Waals surface area contributed by atoms with Crippen LogP contribution in [0.15, 0.2) is 18.5 Å². The largest absolute Gasteiger partial charge is 0.454 e. The van der Waals surface area contributed by atoms with E-state index in [2.05, 4.69) is 0 Å². The van der Waals surface area contributed by atoms with Crippen molar-refractivity contribution >= 4 is 15.6 Å². The molecular formula is C10H12F3NO3S. The molecule has 0 aliphatic heterocycles. The lowest BCUT2D eigenvalue weighted by atomic mass is 10.2. The summed E-state index contributed by atoms with van der Waals surface area (Å²) in [5.41, 5.74) is -0.489. The summed E-state index contributed by atoms with van der Waals surface area (Å²) >= 11 is 0. The molecule has 0 N–H and O–H groups in total. The molecule has 0 aliphatic carbocycles. The highest BCUT2D eigenvalue weighted by atomic mass is 32.2. The van der Waals surface area contributed by atoms with Crippen molar-refractivity contribution in [2.45, 2.75) is 19.6 Å². The normalized spacial score (nSPS) is 12.7. The van der Waals surface area contributed by atoms with Crippen molar-refractivity contribution in [3.05, 3.63) is 24.0 Å². The maximum absolute atomic E-state index is 12.1. The van der Waals surface area contributed by atoms with Gasteiger partial charge in [0.25, 0.3) is 5.78 Å². The maximum Gasteiger partial charge on any atom is 0.454 e. The first-order valence-corrected chi connectivity index (χ1v) is 6.95. The Labute approximate surface area is 102 Å². The van der Waals surface area contributed by atoms with Gasteiger partial charge >= 0.3 is 6.18 Å². The van der Waals surface area contributed by atoms with Crippen LogP contribution in [0.4, 0.5) is 13.2 Å². The quantitative estimate of drug-likeness (QED) is 0.772. The molecular weight excluding hydrogens is 271 g/mol. The predicted octanol–water partition coefficient (Wildman–Crippen LogP) is 1.67. The summed E-state index contributed by atoms with van der Waals surface area (Å²) < 4.78 is 60.0. The number of ketones is 1. The lowest BCUT2D eigenvalue weighted by molar-refractivity contribution is -0.0885. The van der Waals surface area contributed by atoms with Gasteiger partial charge in [0, 0.05) is 30.3 Å². The van der Waals surface area contributed by atoms with Gasteiger partial charge in [-0.25, -0.2) is 8.42 Å². The van der Waals surface area contributed by atoms with Crippen molar-refractivity contribution in [3.8, 4) is 0 Å². The summed E-state index contributed by atoms with van der Waals surface area (Å²) in [5.74, 6) is -2.12. The smallest absolute Gasteiger partial charge is 0.352 e. The Kier molecular flexibility index (Phi) is 4.20. The van der Waals surface area contributed by atoms with Gasteiger partial charge in [0.15, 0.2) is 9.84 Å². The Bertz CT molecular complexity index is 531. The molecule has 0 atom stereocenters. The molecule has 18 heavy (non-hydrogen) atoms. The number of Topliss-reactive ketones (excluding diaryl/α,β-unsaturated/α-hetero) is 1. The third-order valence-corrected chi connectivity index (χ3v) is 4.05. The molecule has 1 heterocycles. The molecule has 1 rings (SSSR count). The average molecular weight is 283 g/mol. The van der Waals surface area contributed by atoms with E-state index >= 15 is 0 Å². The number of sulfone groups is 1. The van der Waals surface area contributed by atoms with Gasteiger partial charge < -0.3 is 4.57 Å². The van der Waals surface area contributed by atoms with Crippen molar-refractivity contribution in [1.82, 2.24) is 4.57 Å². The molecule has 1 aromatic heterocycles. The number of alkyl halides is 3. The number of halogens is 3. The van der Waals surface area contributed by atoms with Gasteiger partial charge in [-0.15, -0.1) is 0 Å². The van der Waals surface area contributed by atoms with Crippen LogP contribution in [-0.4, -0.2) is 36.5 Å². The topological polar surface area (TPSA) is 56.1 Å². The highest BCUT2D eigenvalue weighted by Crippen LogP contribution is 2.21. The summed E-state index contributed by atoms with van der Waals surface area (Å²) in [7, 11) is -3.19. The minimum Gasteiger partial charge on any atom is -0.352 e. The number of aryl methyl sites for hydroxylation is 1. The fraction of sp³-hybridized carbons (Fsp3) is 0.500. The molecule has 102 valence electrons. The Hall–Kier alpha value is -1.31. The average Bonchev–Trinajstić information content (AvgIpc) is 2.73. The van der Waals surface area contributed by atoms with E-state index in [9.17, 15) is 26.4 Å². The van der Waals surface area contributed by atoms with Crippen molar-refractivity contribution in [1.29, 1.82) is 0 Å². The number of carbonyl (C=O) groups excluding carboxylic acids is 1. The van der Waals surface area contributed by atoms with Gasteiger partial charge in [-0.05, 0) is 6.07 Å². The monoisotopic (exact) mass is 283 g/mol. The van der Waals surface area contributed by atoms with Crippen molar-refractivity contribution in [2.24, 2.45) is 0 Å². The number of nitrogens with zero attached hydrogens (tertiary/aromatic N) is 1. The Balaban J connectivity index is 2.74. The van der Waals surface area contributed by atoms with Gasteiger partial charge in [0.2, 0.25) is 0 Å². The highest BCUT2D eigenvalue weighted by Gasteiger charge is 2.39. The molecule has 0 saturated carbocycles. The van der Waals surface area contributed by atoms with Gasteiger partial charge in [-0.2, -0.15) is 13.2 Å². The fourth-order valence-corrected chi connectivity index (χ4v) is 2.04. The summed E-state index contributed by atoms with van der Waals surface area (Å²) in [4.78, 5) is 10.9. The third-order valence-electron chi connectivity index (χ3n) is 2.37. The highest BCUT2D eigenvalue weighted by molar-refractivity contribution is 7.91. The van der Waals surface area contributed by atoms with E-state index < -0.39 is 27.4 Å². The predicted molar refractivity (Wildman–Crippen MR) is 59.1 cm³/mol. The second-order valence-corrected chi connectivity index (χ2v) is 6.17. The Morgan fingerprint density at radius 3 is 2.50 bits per heavy atom. The summed E-state index contributed by atoms with van der Waals surface area (Å²) in [6, 6.07) is 1.02. The molecule has 0 unspecified atom stereocenters. The van der Waals surface area contributed by atoms with Crippen LogP contribution in [-0.2, 0) is 16.4 Å². The van der Waals surface area contributed by atoms with Gasteiger partial charge in [0.1, 0.15) is 0 Å². The first kappa shape index (κ1) is 14.7. The second-order valence-electron chi connectivity index (χ2n) is 3.70. The molecule has 0 bridgehead atoms. The second kappa shape index (κ2) is 5.13. The molecule has 0 saturated heterocycles. The SMILES string of the molecule is CCS(=O)(=O)CCn1ccc(C(=O)C(F)(F)F)c1. The molecule has 0 aliphatic rings. The van der Waals surface area contributed by atoms with E-state index in [1.54, 1.807) is 0 Å². The van der Waals surface area contributed by atoms with Gasteiger partial charge in [-0.3, -0.25) is 4.79 Å². The van der Waals surface area contributed by atoms with Gasteiger partial charge in [0.05, 0.1) is 5.75 Å². The zero-order valence-electron chi connectivity index (χ0n) is 9.57. The number of hydrogen-bond donors (Lipinski definition) is 0. The molecule has 0 radical (unpaired) electrons. The number of carbonyl (C=O) groups is 1. The number of aromatic nitrogens is 1. The van der Waals surface area contributed by atoms with Crippen LogP contribution in [0.5, 0.6) is 0 Å². The maximum atomic E-state index is 12.1. The van der Waals surface area contributed by atoms with E-state index in [0.29, 0.717) is 0 Å². The van der Waals surface area contributed by atoms with E-state index in [-0.39, 0.29) is 18.1 Å². The van der Waals surface area contributed by atoms with E-state index in [1.807, 2.05) is 0 Å². The molecule has 0 spiro atoms. The third kappa shape index (κ3) is 3.86. The summed E-state index contributed by atoms with van der Waals surface area (Å²) in [6.45, 7) is 1.52. The molecule has 0 fully saturated rings. The standard InChI is InChI=1S/C10H12F3NO3S/c1-2-18(16,17)6-5-14-4-3-8(7-14)9(15)10(11,12)13/h3-4,7H,2,5-6H2,1H3. The van der Waals surface area contributed by atoms with E-state index in [0.717, 1.165) is 12.3 Å². The van der Waals surface area contributed by atoms with Crippen molar-refractivity contribution in [3.63, 3.8) is 0 Å². The number of rotatable bonds is 5. The minimum absolute atomic E-state index is 0.0252. The lowest BCUT2D eigenvalue weighted by Gasteiger charge is -2.04.